The zero-order valence-corrected chi connectivity index (χ0v) is 14.2. The zero-order chi connectivity index (χ0) is 14.7. The Morgan fingerprint density at radius 2 is 1.67 bits per heavy atom. The first kappa shape index (κ1) is 14.5. The van der Waals surface area contributed by atoms with Crippen LogP contribution < -0.4 is 5.32 Å². The first-order valence-corrected chi connectivity index (χ1v) is 9.44. The molecular weight excluding hydrogens is 330 g/mol. The molecule has 0 spiro atoms. The highest BCUT2D eigenvalue weighted by Gasteiger charge is 2.59. The van der Waals surface area contributed by atoms with E-state index < -0.39 is 0 Å². The van der Waals surface area contributed by atoms with Gasteiger partial charge in [0.05, 0.1) is 11.5 Å². The number of halogens is 1. The Morgan fingerprint density at radius 3 is 2.24 bits per heavy atom. The van der Waals surface area contributed by atoms with Crippen molar-refractivity contribution in [2.75, 3.05) is 0 Å². The fraction of sp³-hybridized carbons (Fsp3) is 0.941. The van der Waals surface area contributed by atoms with E-state index in [0.29, 0.717) is 11.9 Å². The number of carbonyl (C=O) groups is 1. The zero-order valence-electron chi connectivity index (χ0n) is 12.6. The van der Waals surface area contributed by atoms with Crippen LogP contribution in [-0.2, 0) is 4.79 Å². The van der Waals surface area contributed by atoms with Crippen molar-refractivity contribution in [2.45, 2.75) is 80.7 Å². The van der Waals surface area contributed by atoms with E-state index in [2.05, 4.69) is 21.2 Å². The summed E-state index contributed by atoms with van der Waals surface area (Å²) in [6, 6.07) is 0.292. The molecule has 118 valence electrons. The fourth-order valence-corrected chi connectivity index (χ4v) is 7.43. The summed E-state index contributed by atoms with van der Waals surface area (Å²) in [4.78, 5) is 13.0. The van der Waals surface area contributed by atoms with Crippen LogP contribution in [0.4, 0.5) is 0 Å². The minimum atomic E-state index is -0.150. The molecule has 0 aromatic heterocycles. The highest BCUT2D eigenvalue weighted by atomic mass is 79.9. The molecule has 0 aromatic carbocycles. The van der Waals surface area contributed by atoms with E-state index in [9.17, 15) is 9.90 Å². The van der Waals surface area contributed by atoms with Gasteiger partial charge in [0, 0.05) is 10.4 Å². The van der Waals surface area contributed by atoms with Crippen molar-refractivity contribution in [1.29, 1.82) is 0 Å². The van der Waals surface area contributed by atoms with E-state index >= 15 is 0 Å². The molecule has 3 nitrogen and oxygen atoms in total. The van der Waals surface area contributed by atoms with Gasteiger partial charge in [-0.25, -0.2) is 0 Å². The van der Waals surface area contributed by atoms with Crippen LogP contribution in [0, 0.1) is 17.3 Å². The second-order valence-corrected chi connectivity index (χ2v) is 10.1. The number of carbonyl (C=O) groups excluding carboxylic acids is 1. The summed E-state index contributed by atoms with van der Waals surface area (Å²) in [6.45, 7) is 0. The van der Waals surface area contributed by atoms with Gasteiger partial charge >= 0.3 is 0 Å². The van der Waals surface area contributed by atoms with Crippen LogP contribution in [0.25, 0.3) is 0 Å². The van der Waals surface area contributed by atoms with Crippen molar-refractivity contribution >= 4 is 21.8 Å². The Bertz CT molecular complexity index is 430. The molecule has 5 aliphatic rings. The van der Waals surface area contributed by atoms with Crippen molar-refractivity contribution in [3.8, 4) is 0 Å². The van der Waals surface area contributed by atoms with Crippen LogP contribution in [0.15, 0.2) is 0 Å². The molecule has 2 unspecified atom stereocenters. The molecule has 0 aliphatic heterocycles. The lowest BCUT2D eigenvalue weighted by atomic mass is 9.49. The molecule has 5 aliphatic carbocycles. The second kappa shape index (κ2) is 4.95. The largest absolute Gasteiger partial charge is 0.393 e. The molecule has 2 N–H and O–H groups in total. The highest BCUT2D eigenvalue weighted by molar-refractivity contribution is 9.10. The van der Waals surface area contributed by atoms with Gasteiger partial charge in [0.2, 0.25) is 5.91 Å². The lowest BCUT2D eigenvalue weighted by Crippen LogP contribution is -2.59. The third-order valence-corrected chi connectivity index (χ3v) is 7.43. The summed E-state index contributed by atoms with van der Waals surface area (Å²) in [7, 11) is 0. The third kappa shape index (κ3) is 2.56. The van der Waals surface area contributed by atoms with Crippen LogP contribution >= 0.6 is 15.9 Å². The molecule has 0 aromatic rings. The van der Waals surface area contributed by atoms with E-state index in [0.717, 1.165) is 56.8 Å². The van der Waals surface area contributed by atoms with E-state index in [4.69, 9.17) is 0 Å². The number of nitrogens with one attached hydrogen (secondary N) is 1. The maximum Gasteiger partial charge on any atom is 0.226 e. The molecule has 2 atom stereocenters. The number of aliphatic hydroxyl groups excluding tert-OH is 1. The standard InChI is InChI=1S/C17H26BrNO2/c18-17-8-11-5-12(9-17)7-16(6-11,10-17)15(21)19-13-1-3-14(20)4-2-13/h11-14,20H,1-10H2,(H,19,21). The van der Waals surface area contributed by atoms with Gasteiger partial charge < -0.3 is 10.4 Å². The van der Waals surface area contributed by atoms with Crippen LogP contribution in [0.2, 0.25) is 0 Å². The first-order chi connectivity index (χ1) is 9.96. The summed E-state index contributed by atoms with van der Waals surface area (Å²) in [5, 5.41) is 12.9. The highest BCUT2D eigenvalue weighted by Crippen LogP contribution is 2.64. The minimum absolute atomic E-state index is 0.0936. The van der Waals surface area contributed by atoms with Crippen molar-refractivity contribution in [3.05, 3.63) is 0 Å². The monoisotopic (exact) mass is 355 g/mol. The normalized spacial score (nSPS) is 51.9. The molecule has 4 bridgehead atoms. The lowest BCUT2D eigenvalue weighted by molar-refractivity contribution is -0.145. The Hall–Kier alpha value is -0.0900. The number of aliphatic hydroxyl groups is 1. The van der Waals surface area contributed by atoms with Crippen molar-refractivity contribution in [1.82, 2.24) is 5.32 Å². The molecule has 0 saturated heterocycles. The van der Waals surface area contributed by atoms with Gasteiger partial charge in [-0.15, -0.1) is 0 Å². The lowest BCUT2D eigenvalue weighted by Gasteiger charge is -2.59. The van der Waals surface area contributed by atoms with E-state index in [-0.39, 0.29) is 15.8 Å². The minimum Gasteiger partial charge on any atom is -0.393 e. The van der Waals surface area contributed by atoms with E-state index in [1.165, 1.54) is 19.3 Å². The van der Waals surface area contributed by atoms with Crippen LogP contribution in [0.1, 0.15) is 64.2 Å². The smallest absolute Gasteiger partial charge is 0.226 e. The van der Waals surface area contributed by atoms with Crippen molar-refractivity contribution in [2.24, 2.45) is 17.3 Å². The summed E-state index contributed by atoms with van der Waals surface area (Å²) in [5.41, 5.74) is -0.0936. The van der Waals surface area contributed by atoms with Gasteiger partial charge in [0.25, 0.3) is 0 Å². The Labute approximate surface area is 135 Å². The molecule has 5 saturated carbocycles. The maximum atomic E-state index is 13.0. The van der Waals surface area contributed by atoms with Gasteiger partial charge in [-0.2, -0.15) is 0 Å². The molecule has 0 heterocycles. The molecule has 21 heavy (non-hydrogen) atoms. The number of hydrogen-bond acceptors (Lipinski definition) is 2. The molecule has 0 radical (unpaired) electrons. The quantitative estimate of drug-likeness (QED) is 0.747. The Morgan fingerprint density at radius 1 is 1.05 bits per heavy atom. The second-order valence-electron chi connectivity index (χ2n) is 8.37. The summed E-state index contributed by atoms with van der Waals surface area (Å²) in [6.07, 6.45) is 10.6. The molecule has 5 rings (SSSR count). The van der Waals surface area contributed by atoms with Gasteiger partial charge in [-0.05, 0) is 76.0 Å². The summed E-state index contributed by atoms with van der Waals surface area (Å²) >= 11 is 3.98. The summed E-state index contributed by atoms with van der Waals surface area (Å²) < 4.78 is 0.247. The predicted octanol–water partition coefficient (Wildman–Crippen LogP) is 3.14. The molecule has 5 fully saturated rings. The average molecular weight is 356 g/mol. The Balaban J connectivity index is 1.46. The van der Waals surface area contributed by atoms with E-state index in [1.54, 1.807) is 0 Å². The molecule has 1 amide bonds. The number of alkyl halides is 1. The third-order valence-electron chi connectivity index (χ3n) is 6.50. The van der Waals surface area contributed by atoms with Crippen LogP contribution in [-0.4, -0.2) is 27.5 Å². The fourth-order valence-electron chi connectivity index (χ4n) is 5.98. The maximum absolute atomic E-state index is 13.0. The van der Waals surface area contributed by atoms with Gasteiger partial charge in [0.15, 0.2) is 0 Å². The van der Waals surface area contributed by atoms with Gasteiger partial charge in [-0.1, -0.05) is 15.9 Å². The SMILES string of the molecule is O=C(NC1CCC(O)CC1)C12CC3CC(CC(Br)(C3)C1)C2. The van der Waals surface area contributed by atoms with E-state index in [1.807, 2.05) is 0 Å². The van der Waals surface area contributed by atoms with Crippen LogP contribution in [0.3, 0.4) is 0 Å². The number of amides is 1. The molecule has 4 heteroatoms. The van der Waals surface area contributed by atoms with Gasteiger partial charge in [0.1, 0.15) is 0 Å². The predicted molar refractivity (Wildman–Crippen MR) is 85.2 cm³/mol. The number of hydrogen-bond donors (Lipinski definition) is 2. The van der Waals surface area contributed by atoms with Crippen molar-refractivity contribution < 1.29 is 9.90 Å². The van der Waals surface area contributed by atoms with Crippen LogP contribution in [0.5, 0.6) is 0 Å². The Kier molecular flexibility index (Phi) is 3.42. The molecular formula is C17H26BrNO2. The van der Waals surface area contributed by atoms with Crippen molar-refractivity contribution in [3.63, 3.8) is 0 Å². The van der Waals surface area contributed by atoms with Gasteiger partial charge in [-0.3, -0.25) is 4.79 Å². The first-order valence-electron chi connectivity index (χ1n) is 8.64. The average Bonchev–Trinajstić information content (AvgIpc) is 2.38. The summed E-state index contributed by atoms with van der Waals surface area (Å²) in [5.74, 6) is 1.83. The number of rotatable bonds is 2. The topological polar surface area (TPSA) is 49.3 Å².